The third-order valence-corrected chi connectivity index (χ3v) is 3.17. The molecule has 3 heteroatoms. The summed E-state index contributed by atoms with van der Waals surface area (Å²) in [6, 6.07) is 6.32. The molecule has 0 atom stereocenters. The van der Waals surface area contributed by atoms with E-state index in [1.54, 1.807) is 0 Å². The van der Waals surface area contributed by atoms with E-state index in [9.17, 15) is 0 Å². The van der Waals surface area contributed by atoms with Gasteiger partial charge in [0.1, 0.15) is 0 Å². The molecule has 0 nitrogen and oxygen atoms in total. The standard InChI is InChI=1S/C7H5Br2I/c8-4-5-1-2-6(10)3-7(5)9/h1-3H,4H2. The van der Waals surface area contributed by atoms with Crippen LogP contribution in [0, 0.1) is 3.57 Å². The van der Waals surface area contributed by atoms with Crippen molar-refractivity contribution in [1.29, 1.82) is 0 Å². The summed E-state index contributed by atoms with van der Waals surface area (Å²) >= 11 is 9.17. The van der Waals surface area contributed by atoms with Crippen molar-refractivity contribution in [3.63, 3.8) is 0 Å². The molecule has 0 aliphatic carbocycles. The van der Waals surface area contributed by atoms with Gasteiger partial charge in [-0.15, -0.1) is 0 Å². The zero-order valence-corrected chi connectivity index (χ0v) is 10.4. The third-order valence-electron chi connectivity index (χ3n) is 1.16. The van der Waals surface area contributed by atoms with Gasteiger partial charge in [0.15, 0.2) is 0 Å². The Balaban J connectivity index is 3.07. The Bertz CT molecular complexity index is 235. The minimum absolute atomic E-state index is 0.907. The van der Waals surface area contributed by atoms with Crippen molar-refractivity contribution in [3.8, 4) is 0 Å². The van der Waals surface area contributed by atoms with Crippen LogP contribution in [0.5, 0.6) is 0 Å². The first-order valence-electron chi connectivity index (χ1n) is 2.74. The summed E-state index contributed by atoms with van der Waals surface area (Å²) in [5.74, 6) is 0. The van der Waals surface area contributed by atoms with E-state index in [1.807, 2.05) is 0 Å². The van der Waals surface area contributed by atoms with Crippen LogP contribution in [-0.2, 0) is 5.33 Å². The van der Waals surface area contributed by atoms with Crippen molar-refractivity contribution < 1.29 is 0 Å². The number of halogens is 3. The zero-order valence-electron chi connectivity index (χ0n) is 5.07. The van der Waals surface area contributed by atoms with Crippen LogP contribution < -0.4 is 0 Å². The highest BCUT2D eigenvalue weighted by molar-refractivity contribution is 14.1. The molecular formula is C7H5Br2I. The number of hydrogen-bond donors (Lipinski definition) is 0. The molecule has 0 saturated carbocycles. The van der Waals surface area contributed by atoms with Crippen LogP contribution in [0.1, 0.15) is 5.56 Å². The van der Waals surface area contributed by atoms with Gasteiger partial charge in [-0.3, -0.25) is 0 Å². The second kappa shape index (κ2) is 4.07. The first kappa shape index (κ1) is 9.00. The van der Waals surface area contributed by atoms with E-state index in [4.69, 9.17) is 0 Å². The Labute approximate surface area is 90.8 Å². The van der Waals surface area contributed by atoms with E-state index < -0.39 is 0 Å². The van der Waals surface area contributed by atoms with E-state index in [2.05, 4.69) is 72.6 Å². The monoisotopic (exact) mass is 374 g/mol. The molecule has 0 fully saturated rings. The predicted molar refractivity (Wildman–Crippen MR) is 59.5 cm³/mol. The van der Waals surface area contributed by atoms with E-state index >= 15 is 0 Å². The maximum absolute atomic E-state index is 3.47. The summed E-state index contributed by atoms with van der Waals surface area (Å²) < 4.78 is 2.44. The molecule has 0 amide bonds. The van der Waals surface area contributed by atoms with E-state index in [0.717, 1.165) is 5.33 Å². The maximum Gasteiger partial charge on any atom is 0.0294 e. The van der Waals surface area contributed by atoms with Gasteiger partial charge in [-0.25, -0.2) is 0 Å². The van der Waals surface area contributed by atoms with Crippen LogP contribution in [0.4, 0.5) is 0 Å². The van der Waals surface area contributed by atoms with Crippen molar-refractivity contribution >= 4 is 54.5 Å². The van der Waals surface area contributed by atoms with Crippen LogP contribution in [0.2, 0.25) is 0 Å². The number of alkyl halides is 1. The normalized spacial score (nSPS) is 9.90. The predicted octanol–water partition coefficient (Wildman–Crippen LogP) is 3.95. The summed E-state index contributed by atoms with van der Waals surface area (Å²) in [6.45, 7) is 0. The topological polar surface area (TPSA) is 0 Å². The maximum atomic E-state index is 3.47. The van der Waals surface area contributed by atoms with Crippen LogP contribution >= 0.6 is 54.5 Å². The molecule has 54 valence electrons. The van der Waals surface area contributed by atoms with Crippen LogP contribution in [0.15, 0.2) is 22.7 Å². The molecule has 1 aromatic rings. The number of benzene rings is 1. The Kier molecular flexibility index (Phi) is 3.66. The molecule has 0 saturated heterocycles. The fourth-order valence-corrected chi connectivity index (χ4v) is 2.93. The van der Waals surface area contributed by atoms with Crippen molar-refractivity contribution in [2.75, 3.05) is 0 Å². The fourth-order valence-electron chi connectivity index (χ4n) is 0.630. The van der Waals surface area contributed by atoms with Gasteiger partial charge in [-0.05, 0) is 40.3 Å². The van der Waals surface area contributed by atoms with Gasteiger partial charge in [0.05, 0.1) is 0 Å². The average Bonchev–Trinajstić information content (AvgIpc) is 1.88. The first-order valence-corrected chi connectivity index (χ1v) is 5.73. The second-order valence-corrected chi connectivity index (χ2v) is 4.53. The zero-order chi connectivity index (χ0) is 7.56. The SMILES string of the molecule is BrCc1ccc(I)cc1Br. The average molecular weight is 376 g/mol. The van der Waals surface area contributed by atoms with E-state index in [0.29, 0.717) is 0 Å². The summed E-state index contributed by atoms with van der Waals surface area (Å²) in [6.07, 6.45) is 0. The second-order valence-electron chi connectivity index (χ2n) is 1.87. The van der Waals surface area contributed by atoms with Crippen LogP contribution in [-0.4, -0.2) is 0 Å². The summed E-state index contributed by atoms with van der Waals surface area (Å²) in [5, 5.41) is 0.907. The molecule has 1 aromatic carbocycles. The quantitative estimate of drug-likeness (QED) is 0.515. The Morgan fingerprint density at radius 2 is 2.10 bits per heavy atom. The lowest BCUT2D eigenvalue weighted by Gasteiger charge is -1.98. The van der Waals surface area contributed by atoms with Crippen molar-refractivity contribution in [1.82, 2.24) is 0 Å². The van der Waals surface area contributed by atoms with Gasteiger partial charge >= 0.3 is 0 Å². The largest absolute Gasteiger partial charge is 0.0876 e. The van der Waals surface area contributed by atoms with Crippen LogP contribution in [0.25, 0.3) is 0 Å². The highest BCUT2D eigenvalue weighted by Gasteiger charge is 1.96. The van der Waals surface area contributed by atoms with Gasteiger partial charge in [0.2, 0.25) is 0 Å². The molecule has 10 heavy (non-hydrogen) atoms. The van der Waals surface area contributed by atoms with Gasteiger partial charge in [-0.1, -0.05) is 37.9 Å². The first-order chi connectivity index (χ1) is 4.74. The van der Waals surface area contributed by atoms with Gasteiger partial charge < -0.3 is 0 Å². The Morgan fingerprint density at radius 3 is 2.60 bits per heavy atom. The van der Waals surface area contributed by atoms with Crippen LogP contribution in [0.3, 0.4) is 0 Å². The summed E-state index contributed by atoms with van der Waals surface area (Å²) in [4.78, 5) is 0. The van der Waals surface area contributed by atoms with Crippen molar-refractivity contribution in [2.45, 2.75) is 5.33 Å². The minimum Gasteiger partial charge on any atom is -0.0876 e. The third kappa shape index (κ3) is 2.20. The molecule has 0 heterocycles. The summed E-state index contributed by atoms with van der Waals surface area (Å²) in [7, 11) is 0. The Morgan fingerprint density at radius 1 is 1.40 bits per heavy atom. The molecule has 0 N–H and O–H groups in total. The number of hydrogen-bond acceptors (Lipinski definition) is 0. The minimum atomic E-state index is 0.907. The lowest BCUT2D eigenvalue weighted by molar-refractivity contribution is 1.39. The highest BCUT2D eigenvalue weighted by atomic mass is 127. The Hall–Kier alpha value is 0.910. The molecule has 0 aliphatic heterocycles. The molecule has 0 unspecified atom stereocenters. The molecule has 0 aromatic heterocycles. The molecule has 0 spiro atoms. The van der Waals surface area contributed by atoms with E-state index in [-0.39, 0.29) is 0 Å². The van der Waals surface area contributed by atoms with Crippen molar-refractivity contribution in [3.05, 3.63) is 31.8 Å². The highest BCUT2D eigenvalue weighted by Crippen LogP contribution is 2.21. The van der Waals surface area contributed by atoms with Gasteiger partial charge in [0, 0.05) is 13.4 Å². The lowest BCUT2D eigenvalue weighted by Crippen LogP contribution is -1.80. The lowest BCUT2D eigenvalue weighted by atomic mass is 10.2. The van der Waals surface area contributed by atoms with Gasteiger partial charge in [0.25, 0.3) is 0 Å². The van der Waals surface area contributed by atoms with Gasteiger partial charge in [-0.2, -0.15) is 0 Å². The van der Waals surface area contributed by atoms with Crippen molar-refractivity contribution in [2.24, 2.45) is 0 Å². The molecule has 0 radical (unpaired) electrons. The molecule has 0 aliphatic rings. The molecular weight excluding hydrogens is 371 g/mol. The summed E-state index contributed by atoms with van der Waals surface area (Å²) in [5.41, 5.74) is 1.29. The fraction of sp³-hybridized carbons (Fsp3) is 0.143. The van der Waals surface area contributed by atoms with E-state index in [1.165, 1.54) is 13.6 Å². The smallest absolute Gasteiger partial charge is 0.0294 e. The molecule has 1 rings (SSSR count). The number of rotatable bonds is 1. The molecule has 0 bridgehead atoms.